The van der Waals surface area contributed by atoms with Gasteiger partial charge in [0, 0.05) is 5.38 Å². The molecule has 0 saturated carbocycles. The predicted octanol–water partition coefficient (Wildman–Crippen LogP) is 5.65. The standard InChI is InChI=1S/C17H34N2O2SSi2/c1-16(2,3)23(7,8)19-15-18-13(12-22-15)11-14(20)21-24(9,10)17(4,5)6/h12H,11H2,1-10H3,(H,18,19). The molecule has 0 aromatic carbocycles. The van der Waals surface area contributed by atoms with Gasteiger partial charge in [-0.05, 0) is 23.2 Å². The number of thiazole rings is 1. The van der Waals surface area contributed by atoms with E-state index in [1.54, 1.807) is 11.3 Å². The fourth-order valence-electron chi connectivity index (χ4n) is 1.52. The van der Waals surface area contributed by atoms with Gasteiger partial charge in [-0.15, -0.1) is 11.3 Å². The quantitative estimate of drug-likeness (QED) is 0.664. The number of hydrogen-bond donors (Lipinski definition) is 1. The number of carbonyl (C=O) groups is 1. The van der Waals surface area contributed by atoms with E-state index >= 15 is 0 Å². The zero-order valence-corrected chi connectivity index (χ0v) is 19.8. The highest BCUT2D eigenvalue weighted by Gasteiger charge is 2.40. The number of anilines is 1. The van der Waals surface area contributed by atoms with Crippen LogP contribution in [0.5, 0.6) is 0 Å². The third-order valence-electron chi connectivity index (χ3n) is 5.35. The summed E-state index contributed by atoms with van der Waals surface area (Å²) in [6.45, 7) is 22.0. The molecule has 1 heterocycles. The third kappa shape index (κ3) is 5.42. The number of hydrogen-bond acceptors (Lipinski definition) is 5. The van der Waals surface area contributed by atoms with Crippen molar-refractivity contribution >= 4 is 39.0 Å². The molecule has 4 nitrogen and oxygen atoms in total. The van der Waals surface area contributed by atoms with E-state index in [9.17, 15) is 4.79 Å². The lowest BCUT2D eigenvalue weighted by atomic mass is 10.2. The number of carbonyl (C=O) groups excluding carboxylic acids is 1. The van der Waals surface area contributed by atoms with Crippen LogP contribution in [-0.4, -0.2) is 27.5 Å². The van der Waals surface area contributed by atoms with E-state index in [1.807, 2.05) is 5.38 Å². The van der Waals surface area contributed by atoms with Gasteiger partial charge in [-0.1, -0.05) is 54.6 Å². The number of aromatic nitrogens is 1. The molecule has 1 rings (SSSR count). The topological polar surface area (TPSA) is 51.2 Å². The lowest BCUT2D eigenvalue weighted by Crippen LogP contribution is -2.45. The van der Waals surface area contributed by atoms with Gasteiger partial charge in [-0.2, -0.15) is 0 Å². The highest BCUT2D eigenvalue weighted by atomic mass is 32.1. The second kappa shape index (κ2) is 6.92. The average molecular weight is 387 g/mol. The minimum atomic E-state index is -2.06. The van der Waals surface area contributed by atoms with Gasteiger partial charge in [0.25, 0.3) is 14.3 Å². The van der Waals surface area contributed by atoms with Crippen LogP contribution in [0.4, 0.5) is 5.13 Å². The molecule has 0 bridgehead atoms. The normalized spacial score (nSPS) is 13.8. The second-order valence-corrected chi connectivity index (χ2v) is 20.1. The molecule has 138 valence electrons. The lowest BCUT2D eigenvalue weighted by molar-refractivity contribution is -0.134. The van der Waals surface area contributed by atoms with E-state index in [0.717, 1.165) is 10.8 Å². The number of nitrogens with one attached hydrogen (secondary N) is 1. The Morgan fingerprint density at radius 2 is 1.67 bits per heavy atom. The fraction of sp³-hybridized carbons (Fsp3) is 0.765. The highest BCUT2D eigenvalue weighted by Crippen LogP contribution is 2.38. The molecule has 1 aromatic rings. The summed E-state index contributed by atoms with van der Waals surface area (Å²) in [4.78, 5) is 20.5. The van der Waals surface area contributed by atoms with Crippen LogP contribution in [-0.2, 0) is 15.6 Å². The van der Waals surface area contributed by atoms with Gasteiger partial charge in [0.05, 0.1) is 12.1 Å². The first-order chi connectivity index (χ1) is 10.6. The van der Waals surface area contributed by atoms with E-state index in [-0.39, 0.29) is 22.5 Å². The van der Waals surface area contributed by atoms with Gasteiger partial charge in [0.15, 0.2) is 13.4 Å². The van der Waals surface area contributed by atoms with Crippen LogP contribution in [0.15, 0.2) is 5.38 Å². The summed E-state index contributed by atoms with van der Waals surface area (Å²) in [6, 6.07) is 0. The van der Waals surface area contributed by atoms with Crippen molar-refractivity contribution in [1.82, 2.24) is 4.98 Å². The Labute approximate surface area is 153 Å². The van der Waals surface area contributed by atoms with Crippen LogP contribution in [0.25, 0.3) is 0 Å². The summed E-state index contributed by atoms with van der Waals surface area (Å²) in [7, 11) is -3.71. The molecule has 0 unspecified atom stereocenters. The summed E-state index contributed by atoms with van der Waals surface area (Å²) in [6.07, 6.45) is 0.252. The van der Waals surface area contributed by atoms with Gasteiger partial charge in [-0.3, -0.25) is 4.79 Å². The maximum absolute atomic E-state index is 12.3. The van der Waals surface area contributed by atoms with Crippen LogP contribution in [0.3, 0.4) is 0 Å². The summed E-state index contributed by atoms with van der Waals surface area (Å²) in [5.41, 5.74) is 0.796. The average Bonchev–Trinajstić information content (AvgIpc) is 2.71. The third-order valence-corrected chi connectivity index (χ3v) is 15.3. The Morgan fingerprint density at radius 3 is 2.12 bits per heavy atom. The van der Waals surface area contributed by atoms with E-state index in [4.69, 9.17) is 4.43 Å². The number of nitrogens with zero attached hydrogens (tertiary/aromatic N) is 1. The minimum absolute atomic E-state index is 0.0276. The molecule has 0 spiro atoms. The van der Waals surface area contributed by atoms with Crippen LogP contribution in [0, 0.1) is 0 Å². The fourth-order valence-corrected chi connectivity index (χ4v) is 4.99. The molecule has 0 fully saturated rings. The van der Waals surface area contributed by atoms with E-state index < -0.39 is 16.6 Å². The zero-order valence-electron chi connectivity index (χ0n) is 17.0. The van der Waals surface area contributed by atoms with Crippen molar-refractivity contribution in [3.63, 3.8) is 0 Å². The SMILES string of the molecule is CC(C)(C)[Si](C)(C)Nc1nc(CC(=O)O[Si](C)(C)C(C)(C)C)cs1. The summed E-state index contributed by atoms with van der Waals surface area (Å²) < 4.78 is 5.82. The smallest absolute Gasteiger partial charge is 0.298 e. The molecular weight excluding hydrogens is 352 g/mol. The molecule has 0 saturated heterocycles. The van der Waals surface area contributed by atoms with Gasteiger partial charge >= 0.3 is 0 Å². The lowest BCUT2D eigenvalue weighted by Gasteiger charge is -2.36. The van der Waals surface area contributed by atoms with Crippen LogP contribution >= 0.6 is 11.3 Å². The monoisotopic (exact) mass is 386 g/mol. The maximum Gasteiger partial charge on any atom is 0.298 e. The van der Waals surface area contributed by atoms with Gasteiger partial charge in [0.2, 0.25) is 0 Å². The molecule has 0 radical (unpaired) electrons. The highest BCUT2D eigenvalue weighted by molar-refractivity contribution is 7.14. The number of rotatable bonds is 5. The van der Waals surface area contributed by atoms with Crippen LogP contribution < -0.4 is 4.98 Å². The van der Waals surface area contributed by atoms with Gasteiger partial charge < -0.3 is 9.41 Å². The summed E-state index contributed by atoms with van der Waals surface area (Å²) >= 11 is 1.57. The Kier molecular flexibility index (Phi) is 6.16. The first-order valence-electron chi connectivity index (χ1n) is 8.50. The largest absolute Gasteiger partial charge is 0.519 e. The molecule has 1 N–H and O–H groups in total. The van der Waals surface area contributed by atoms with Crippen molar-refractivity contribution in [2.75, 3.05) is 4.98 Å². The van der Waals surface area contributed by atoms with Crippen molar-refractivity contribution in [1.29, 1.82) is 0 Å². The van der Waals surface area contributed by atoms with E-state index in [2.05, 4.69) is 77.7 Å². The first kappa shape index (κ1) is 21.4. The Morgan fingerprint density at radius 1 is 1.12 bits per heavy atom. The molecule has 0 amide bonds. The molecular formula is C17H34N2O2SSi2. The summed E-state index contributed by atoms with van der Waals surface area (Å²) in [5, 5.41) is 3.14. The Balaban J connectivity index is 2.73. The van der Waals surface area contributed by atoms with Crippen molar-refractivity contribution in [2.24, 2.45) is 0 Å². The molecule has 0 aliphatic rings. The summed E-state index contributed by atoms with van der Waals surface area (Å²) in [5.74, 6) is -0.161. The molecule has 1 aromatic heterocycles. The first-order valence-corrected chi connectivity index (χ1v) is 15.3. The molecule has 0 aliphatic carbocycles. The van der Waals surface area contributed by atoms with E-state index in [1.165, 1.54) is 0 Å². The Bertz CT molecular complexity index is 584. The molecule has 24 heavy (non-hydrogen) atoms. The van der Waals surface area contributed by atoms with Crippen molar-refractivity contribution in [3.05, 3.63) is 11.1 Å². The van der Waals surface area contributed by atoms with Crippen LogP contribution in [0.2, 0.25) is 36.3 Å². The minimum Gasteiger partial charge on any atom is -0.519 e. The Hall–Kier alpha value is -0.666. The van der Waals surface area contributed by atoms with Crippen molar-refractivity contribution in [2.45, 2.75) is 84.2 Å². The van der Waals surface area contributed by atoms with Gasteiger partial charge in [-0.25, -0.2) is 4.98 Å². The van der Waals surface area contributed by atoms with Crippen molar-refractivity contribution in [3.8, 4) is 0 Å². The maximum atomic E-state index is 12.3. The second-order valence-electron chi connectivity index (χ2n) is 9.56. The zero-order chi connectivity index (χ0) is 19.0. The van der Waals surface area contributed by atoms with Gasteiger partial charge in [0.1, 0.15) is 0 Å². The molecule has 0 atom stereocenters. The molecule has 7 heteroatoms. The van der Waals surface area contributed by atoms with Crippen molar-refractivity contribution < 1.29 is 9.22 Å². The van der Waals surface area contributed by atoms with E-state index in [0.29, 0.717) is 0 Å². The molecule has 0 aliphatic heterocycles. The van der Waals surface area contributed by atoms with Crippen LogP contribution in [0.1, 0.15) is 47.2 Å². The predicted molar refractivity (Wildman–Crippen MR) is 110 cm³/mol.